The van der Waals surface area contributed by atoms with Gasteiger partial charge in [0.15, 0.2) is 0 Å². The second kappa shape index (κ2) is 12.8. The average molecular weight is 465 g/mol. The summed E-state index contributed by atoms with van der Waals surface area (Å²) in [6.45, 7) is 5.39. The molecule has 2 heterocycles. The molecule has 176 valence electrons. The van der Waals surface area contributed by atoms with Gasteiger partial charge in [-0.15, -0.1) is 11.8 Å². The molecule has 1 aromatic heterocycles. The van der Waals surface area contributed by atoms with E-state index in [9.17, 15) is 4.79 Å². The first-order valence-corrected chi connectivity index (χ1v) is 12.7. The van der Waals surface area contributed by atoms with E-state index in [0.717, 1.165) is 36.4 Å². The Labute approximate surface area is 202 Å². The number of Topliss-reactive ketones (excluding diaryl/α,β-unsaturated/α-hetero) is 1. The second-order valence-electron chi connectivity index (χ2n) is 8.57. The minimum atomic E-state index is 0. The molecule has 0 aliphatic carbocycles. The third-order valence-electron chi connectivity index (χ3n) is 5.96. The van der Waals surface area contributed by atoms with Crippen molar-refractivity contribution in [3.63, 3.8) is 0 Å². The molecule has 0 bridgehead atoms. The molecule has 0 N–H and O–H groups in total. The summed E-state index contributed by atoms with van der Waals surface area (Å²) in [5.74, 6) is 3.04. The molecule has 0 saturated carbocycles. The standard InChI is InChI=1S/C27H32N2O2S.CH4/c1-21-26(20-32-19-25(30)11-7-10-22-8-3-2-4-9-22)28-27(31-21)24-14-12-23(13-15-24)18-29-16-5-6-17-29;/h2-4,8-9,12-15H,5-7,10-11,16-20H2,1H3;1H4. The Hall–Kier alpha value is -2.37. The van der Waals surface area contributed by atoms with Gasteiger partial charge in [0.1, 0.15) is 11.5 Å². The first-order chi connectivity index (χ1) is 15.7. The number of hydrogen-bond donors (Lipinski definition) is 0. The van der Waals surface area contributed by atoms with Crippen LogP contribution < -0.4 is 0 Å². The van der Waals surface area contributed by atoms with Crippen LogP contribution in [-0.2, 0) is 23.5 Å². The van der Waals surface area contributed by atoms with Gasteiger partial charge >= 0.3 is 0 Å². The Morgan fingerprint density at radius 2 is 1.76 bits per heavy atom. The highest BCUT2D eigenvalue weighted by atomic mass is 32.2. The predicted molar refractivity (Wildman–Crippen MR) is 138 cm³/mol. The lowest BCUT2D eigenvalue weighted by Gasteiger charge is -2.14. The van der Waals surface area contributed by atoms with E-state index >= 15 is 0 Å². The van der Waals surface area contributed by atoms with Crippen molar-refractivity contribution in [2.24, 2.45) is 0 Å². The maximum absolute atomic E-state index is 12.2. The number of oxazole rings is 1. The third-order valence-corrected chi connectivity index (χ3v) is 6.97. The van der Waals surface area contributed by atoms with Crippen LogP contribution >= 0.6 is 11.8 Å². The summed E-state index contributed by atoms with van der Waals surface area (Å²) >= 11 is 1.63. The summed E-state index contributed by atoms with van der Waals surface area (Å²) in [4.78, 5) is 19.4. The summed E-state index contributed by atoms with van der Waals surface area (Å²) in [6.07, 6.45) is 5.13. The van der Waals surface area contributed by atoms with Crippen molar-refractivity contribution < 1.29 is 9.21 Å². The molecule has 4 rings (SSSR count). The van der Waals surface area contributed by atoms with Crippen LogP contribution in [0.5, 0.6) is 0 Å². The second-order valence-corrected chi connectivity index (χ2v) is 9.56. The Balaban J connectivity index is 0.00000306. The van der Waals surface area contributed by atoms with E-state index in [4.69, 9.17) is 9.40 Å². The smallest absolute Gasteiger partial charge is 0.226 e. The molecule has 0 atom stereocenters. The van der Waals surface area contributed by atoms with Crippen LogP contribution in [-0.4, -0.2) is 34.5 Å². The van der Waals surface area contributed by atoms with Gasteiger partial charge in [0, 0.05) is 24.3 Å². The topological polar surface area (TPSA) is 46.3 Å². The lowest BCUT2D eigenvalue weighted by molar-refractivity contribution is -0.116. The van der Waals surface area contributed by atoms with Crippen molar-refractivity contribution in [1.29, 1.82) is 0 Å². The maximum atomic E-state index is 12.2. The number of carbonyl (C=O) groups excluding carboxylic acids is 1. The highest BCUT2D eigenvalue weighted by Crippen LogP contribution is 2.25. The molecule has 0 spiro atoms. The molecule has 33 heavy (non-hydrogen) atoms. The van der Waals surface area contributed by atoms with E-state index in [1.165, 1.54) is 37.1 Å². The Morgan fingerprint density at radius 3 is 2.48 bits per heavy atom. The molecule has 2 aromatic carbocycles. The molecule has 1 aliphatic rings. The van der Waals surface area contributed by atoms with E-state index in [1.807, 2.05) is 25.1 Å². The van der Waals surface area contributed by atoms with Crippen molar-refractivity contribution in [3.8, 4) is 11.5 Å². The zero-order valence-corrected chi connectivity index (χ0v) is 19.7. The number of benzene rings is 2. The van der Waals surface area contributed by atoms with Gasteiger partial charge in [0.05, 0.1) is 11.4 Å². The van der Waals surface area contributed by atoms with Crippen LogP contribution in [0, 0.1) is 6.92 Å². The largest absolute Gasteiger partial charge is 0.441 e. The normalized spacial score (nSPS) is 13.7. The van der Waals surface area contributed by atoms with Gasteiger partial charge in [-0.2, -0.15) is 0 Å². The number of thioether (sulfide) groups is 1. The minimum Gasteiger partial charge on any atom is -0.441 e. The van der Waals surface area contributed by atoms with Crippen molar-refractivity contribution in [3.05, 3.63) is 77.2 Å². The van der Waals surface area contributed by atoms with E-state index in [2.05, 4.69) is 41.3 Å². The first kappa shape index (κ1) is 25.3. The maximum Gasteiger partial charge on any atom is 0.226 e. The zero-order chi connectivity index (χ0) is 22.2. The van der Waals surface area contributed by atoms with Crippen molar-refractivity contribution >= 4 is 17.5 Å². The predicted octanol–water partition coefficient (Wildman–Crippen LogP) is 6.71. The fourth-order valence-corrected chi connectivity index (χ4v) is 5.04. The Morgan fingerprint density at radius 1 is 1.03 bits per heavy atom. The van der Waals surface area contributed by atoms with Gasteiger partial charge in [-0.25, -0.2) is 4.98 Å². The molecule has 1 aliphatic heterocycles. The highest BCUT2D eigenvalue weighted by molar-refractivity contribution is 7.99. The summed E-state index contributed by atoms with van der Waals surface area (Å²) in [5.41, 5.74) is 4.57. The fraction of sp³-hybridized carbons (Fsp3) is 0.429. The molecule has 0 unspecified atom stereocenters. The molecule has 3 aromatic rings. The molecule has 1 saturated heterocycles. The number of hydrogen-bond acceptors (Lipinski definition) is 5. The Kier molecular flexibility index (Phi) is 9.76. The Bertz CT molecular complexity index is 992. The third kappa shape index (κ3) is 7.58. The summed E-state index contributed by atoms with van der Waals surface area (Å²) in [7, 11) is 0. The number of ketones is 1. The van der Waals surface area contributed by atoms with Gasteiger partial charge in [0.25, 0.3) is 0 Å². The molecule has 1 fully saturated rings. The summed E-state index contributed by atoms with van der Waals surface area (Å²) in [6, 6.07) is 18.9. The summed E-state index contributed by atoms with van der Waals surface area (Å²) < 4.78 is 5.93. The van der Waals surface area contributed by atoms with E-state index in [0.29, 0.717) is 29.6 Å². The number of aromatic nitrogens is 1. The van der Waals surface area contributed by atoms with E-state index in [1.54, 1.807) is 11.8 Å². The van der Waals surface area contributed by atoms with Crippen LogP contribution in [0.15, 0.2) is 59.0 Å². The van der Waals surface area contributed by atoms with E-state index < -0.39 is 0 Å². The first-order valence-electron chi connectivity index (χ1n) is 11.6. The van der Waals surface area contributed by atoms with Crippen LogP contribution in [0.2, 0.25) is 0 Å². The van der Waals surface area contributed by atoms with Crippen molar-refractivity contribution in [2.45, 2.75) is 58.8 Å². The number of nitrogens with zero attached hydrogens (tertiary/aromatic N) is 2. The quantitative estimate of drug-likeness (QED) is 0.316. The molecular weight excluding hydrogens is 428 g/mol. The van der Waals surface area contributed by atoms with Crippen LogP contribution in [0.3, 0.4) is 0 Å². The highest BCUT2D eigenvalue weighted by Gasteiger charge is 2.14. The molecule has 4 nitrogen and oxygen atoms in total. The fourth-order valence-electron chi connectivity index (χ4n) is 4.11. The lowest BCUT2D eigenvalue weighted by atomic mass is 10.1. The molecular formula is C28H36N2O2S. The van der Waals surface area contributed by atoms with Gasteiger partial charge in [-0.1, -0.05) is 49.9 Å². The number of likely N-dealkylation sites (tertiary alicyclic amines) is 1. The van der Waals surface area contributed by atoms with Crippen molar-refractivity contribution in [2.75, 3.05) is 18.8 Å². The van der Waals surface area contributed by atoms with Crippen LogP contribution in [0.1, 0.15) is 55.7 Å². The van der Waals surface area contributed by atoms with Gasteiger partial charge in [-0.05, 0) is 69.0 Å². The number of rotatable bonds is 11. The number of carbonyl (C=O) groups is 1. The van der Waals surface area contributed by atoms with Gasteiger partial charge in [0.2, 0.25) is 5.89 Å². The summed E-state index contributed by atoms with van der Waals surface area (Å²) in [5, 5.41) is 0. The van der Waals surface area contributed by atoms with Gasteiger partial charge in [-0.3, -0.25) is 9.69 Å². The monoisotopic (exact) mass is 464 g/mol. The minimum absolute atomic E-state index is 0. The molecule has 5 heteroatoms. The lowest BCUT2D eigenvalue weighted by Crippen LogP contribution is -2.18. The molecule has 0 radical (unpaired) electrons. The number of aryl methyl sites for hydroxylation is 2. The zero-order valence-electron chi connectivity index (χ0n) is 18.9. The SMILES string of the molecule is C.Cc1oc(-c2ccc(CN3CCCC3)cc2)nc1CSCC(=O)CCCc1ccccc1. The van der Waals surface area contributed by atoms with Crippen LogP contribution in [0.4, 0.5) is 0 Å². The van der Waals surface area contributed by atoms with Crippen LogP contribution in [0.25, 0.3) is 11.5 Å². The van der Waals surface area contributed by atoms with Crippen molar-refractivity contribution in [1.82, 2.24) is 9.88 Å². The molecule has 0 amide bonds. The van der Waals surface area contributed by atoms with E-state index in [-0.39, 0.29) is 7.43 Å². The van der Waals surface area contributed by atoms with Gasteiger partial charge < -0.3 is 4.42 Å². The average Bonchev–Trinajstić information content (AvgIpc) is 3.45.